The van der Waals surface area contributed by atoms with Crippen LogP contribution in [0.1, 0.15) is 41.6 Å². The van der Waals surface area contributed by atoms with Gasteiger partial charge in [-0.25, -0.2) is 4.98 Å². The van der Waals surface area contributed by atoms with Crippen molar-refractivity contribution in [3.63, 3.8) is 0 Å². The molecule has 0 radical (unpaired) electrons. The first-order chi connectivity index (χ1) is 17.8. The first kappa shape index (κ1) is 25.2. The number of halogens is 1. The number of Topliss-reactive ketones (excluding diaryl/α,β-unsaturated/α-hetero) is 1. The summed E-state index contributed by atoms with van der Waals surface area (Å²) in [4.78, 5) is 33.2. The van der Waals surface area contributed by atoms with Crippen molar-refractivity contribution in [1.29, 1.82) is 0 Å². The molecule has 2 heterocycles. The first-order valence-corrected chi connectivity index (χ1v) is 13.6. The number of hydrogen-bond donors (Lipinski definition) is 1. The van der Waals surface area contributed by atoms with E-state index in [1.54, 1.807) is 24.3 Å². The highest BCUT2D eigenvalue weighted by molar-refractivity contribution is 9.10. The summed E-state index contributed by atoms with van der Waals surface area (Å²) in [7, 11) is 0. The molecule has 4 aromatic rings. The Morgan fingerprint density at radius 3 is 2.59 bits per heavy atom. The van der Waals surface area contributed by atoms with Gasteiger partial charge in [-0.15, -0.1) is 0 Å². The van der Waals surface area contributed by atoms with Gasteiger partial charge in [0.05, 0.1) is 28.4 Å². The summed E-state index contributed by atoms with van der Waals surface area (Å²) in [5.41, 5.74) is 4.00. The molecule has 0 saturated carbocycles. The Hall–Kier alpha value is -3.49. The molecule has 0 bridgehead atoms. The highest BCUT2D eigenvalue weighted by atomic mass is 79.9. The molecule has 1 atom stereocenters. The predicted octanol–water partition coefficient (Wildman–Crippen LogP) is 7.09. The second kappa shape index (κ2) is 10.1. The molecule has 6 nitrogen and oxygen atoms in total. The third-order valence-corrected chi connectivity index (χ3v) is 7.77. The average molecular weight is 578 g/mol. The van der Waals surface area contributed by atoms with Crippen LogP contribution in [0, 0.1) is 13.8 Å². The largest absolute Gasteiger partial charge is 0.507 e. The standard InChI is InChI=1S/C29H25BrN2O4S/c1-4-12-36-21-7-5-6-19(15-21)26(33)23-25(18-8-10-20(30)11-9-18)32(28(35)27(23)34)29-31-24-17(3)13-16(2)14-22(24)37-29/h5-11,13-15,25,33H,4,12H2,1-3H3/b26-23+. The predicted molar refractivity (Wildman–Crippen MR) is 150 cm³/mol. The maximum absolute atomic E-state index is 13.5. The van der Waals surface area contributed by atoms with Crippen molar-refractivity contribution in [3.8, 4) is 5.75 Å². The molecule has 1 aromatic heterocycles. The van der Waals surface area contributed by atoms with E-state index in [0.29, 0.717) is 28.6 Å². The molecule has 188 valence electrons. The van der Waals surface area contributed by atoms with E-state index in [2.05, 4.69) is 15.9 Å². The number of ketones is 1. The van der Waals surface area contributed by atoms with Crippen LogP contribution in [-0.2, 0) is 9.59 Å². The number of thiazole rings is 1. The zero-order chi connectivity index (χ0) is 26.3. The van der Waals surface area contributed by atoms with E-state index < -0.39 is 17.7 Å². The summed E-state index contributed by atoms with van der Waals surface area (Å²) in [6.45, 7) is 6.53. The van der Waals surface area contributed by atoms with Gasteiger partial charge in [0.25, 0.3) is 5.78 Å². The van der Waals surface area contributed by atoms with Gasteiger partial charge in [0, 0.05) is 10.0 Å². The molecule has 0 aliphatic carbocycles. The van der Waals surface area contributed by atoms with Crippen molar-refractivity contribution in [1.82, 2.24) is 4.98 Å². The smallest absolute Gasteiger partial charge is 0.301 e. The van der Waals surface area contributed by atoms with Crippen LogP contribution in [0.2, 0.25) is 0 Å². The molecule has 1 N–H and O–H groups in total. The number of nitrogens with zero attached hydrogens (tertiary/aromatic N) is 2. The van der Waals surface area contributed by atoms with Gasteiger partial charge in [-0.05, 0) is 67.3 Å². The van der Waals surface area contributed by atoms with E-state index in [1.165, 1.54) is 16.2 Å². The SMILES string of the molecule is CCCOc1cccc(/C(O)=C2\C(=O)C(=O)N(c3nc4c(C)cc(C)cc4s3)C2c2ccc(Br)cc2)c1. The second-order valence-electron chi connectivity index (χ2n) is 9.02. The fourth-order valence-electron chi connectivity index (χ4n) is 4.56. The van der Waals surface area contributed by atoms with Crippen molar-refractivity contribution in [2.75, 3.05) is 11.5 Å². The molecule has 1 amide bonds. The summed E-state index contributed by atoms with van der Waals surface area (Å²) >= 11 is 4.81. The highest BCUT2D eigenvalue weighted by Gasteiger charge is 2.48. The lowest BCUT2D eigenvalue weighted by Gasteiger charge is -2.23. The van der Waals surface area contributed by atoms with Crippen molar-refractivity contribution in [3.05, 3.63) is 93.0 Å². The van der Waals surface area contributed by atoms with Crippen LogP contribution in [0.25, 0.3) is 16.0 Å². The lowest BCUT2D eigenvalue weighted by Crippen LogP contribution is -2.29. The molecule has 0 spiro atoms. The number of aliphatic hydroxyl groups is 1. The third-order valence-electron chi connectivity index (χ3n) is 6.24. The van der Waals surface area contributed by atoms with Crippen LogP contribution in [-0.4, -0.2) is 28.4 Å². The minimum atomic E-state index is -0.838. The van der Waals surface area contributed by atoms with E-state index in [4.69, 9.17) is 9.72 Å². The molecule has 1 aliphatic heterocycles. The molecule has 37 heavy (non-hydrogen) atoms. The molecule has 5 rings (SSSR count). The normalized spacial score (nSPS) is 17.1. The Kier molecular flexibility index (Phi) is 6.88. The summed E-state index contributed by atoms with van der Waals surface area (Å²) in [6, 6.07) is 17.5. The number of aromatic nitrogens is 1. The fourth-order valence-corrected chi connectivity index (χ4v) is 5.99. The summed E-state index contributed by atoms with van der Waals surface area (Å²) in [5.74, 6) is -1.14. The number of benzene rings is 3. The molecular formula is C29H25BrN2O4S. The quantitative estimate of drug-likeness (QED) is 0.150. The summed E-state index contributed by atoms with van der Waals surface area (Å²) in [5, 5.41) is 11.8. The Bertz CT molecular complexity index is 1560. The monoisotopic (exact) mass is 576 g/mol. The molecular weight excluding hydrogens is 552 g/mol. The number of amides is 1. The van der Waals surface area contributed by atoms with Gasteiger partial charge in [0.2, 0.25) is 0 Å². The highest BCUT2D eigenvalue weighted by Crippen LogP contribution is 2.45. The Morgan fingerprint density at radius 1 is 1.11 bits per heavy atom. The number of aryl methyl sites for hydroxylation is 2. The molecule has 1 aliphatic rings. The number of anilines is 1. The fraction of sp³-hybridized carbons (Fsp3) is 0.207. The van der Waals surface area contributed by atoms with Crippen LogP contribution in [0.3, 0.4) is 0 Å². The second-order valence-corrected chi connectivity index (χ2v) is 10.9. The van der Waals surface area contributed by atoms with Crippen LogP contribution < -0.4 is 9.64 Å². The van der Waals surface area contributed by atoms with Crippen LogP contribution in [0.5, 0.6) is 5.75 Å². The zero-order valence-electron chi connectivity index (χ0n) is 20.6. The first-order valence-electron chi connectivity index (χ1n) is 12.0. The van der Waals surface area contributed by atoms with Crippen molar-refractivity contribution >= 4 is 60.1 Å². The van der Waals surface area contributed by atoms with Crippen LogP contribution in [0.4, 0.5) is 5.13 Å². The van der Waals surface area contributed by atoms with Gasteiger partial charge < -0.3 is 9.84 Å². The van der Waals surface area contributed by atoms with Gasteiger partial charge in [0.15, 0.2) is 5.13 Å². The van der Waals surface area contributed by atoms with Crippen molar-refractivity contribution in [2.45, 2.75) is 33.2 Å². The number of rotatable bonds is 6. The lowest BCUT2D eigenvalue weighted by molar-refractivity contribution is -0.132. The number of ether oxygens (including phenoxy) is 1. The summed E-state index contributed by atoms with van der Waals surface area (Å²) in [6.07, 6.45) is 0.839. The van der Waals surface area contributed by atoms with Gasteiger partial charge in [-0.2, -0.15) is 0 Å². The minimum Gasteiger partial charge on any atom is -0.507 e. The number of carbonyl (C=O) groups excluding carboxylic acids is 2. The van der Waals surface area contributed by atoms with E-state index in [-0.39, 0.29) is 11.3 Å². The third kappa shape index (κ3) is 4.67. The number of aliphatic hydroxyl groups excluding tert-OH is 1. The van der Waals surface area contributed by atoms with Gasteiger partial charge in [-0.1, -0.05) is 64.5 Å². The molecule has 1 saturated heterocycles. The molecule has 8 heteroatoms. The Balaban J connectivity index is 1.69. The van der Waals surface area contributed by atoms with Crippen LogP contribution >= 0.6 is 27.3 Å². The average Bonchev–Trinajstić information content (AvgIpc) is 3.41. The van der Waals surface area contributed by atoms with Crippen molar-refractivity contribution in [2.24, 2.45) is 0 Å². The molecule has 3 aromatic carbocycles. The Morgan fingerprint density at radius 2 is 1.86 bits per heavy atom. The van der Waals surface area contributed by atoms with Crippen LogP contribution in [0.15, 0.2) is 70.7 Å². The van der Waals surface area contributed by atoms with E-state index >= 15 is 0 Å². The molecule has 1 unspecified atom stereocenters. The number of fused-ring (bicyclic) bond motifs is 1. The Labute approximate surface area is 227 Å². The number of hydrogen-bond acceptors (Lipinski definition) is 6. The minimum absolute atomic E-state index is 0.0205. The topological polar surface area (TPSA) is 79.7 Å². The maximum atomic E-state index is 13.5. The summed E-state index contributed by atoms with van der Waals surface area (Å²) < 4.78 is 7.51. The molecule has 1 fully saturated rings. The van der Waals surface area contributed by atoms with Gasteiger partial charge in [0.1, 0.15) is 11.5 Å². The van der Waals surface area contributed by atoms with Gasteiger partial charge in [-0.3, -0.25) is 14.5 Å². The van der Waals surface area contributed by atoms with E-state index in [1.807, 2.05) is 57.2 Å². The maximum Gasteiger partial charge on any atom is 0.301 e. The lowest BCUT2D eigenvalue weighted by atomic mass is 9.95. The van der Waals surface area contributed by atoms with Crippen molar-refractivity contribution < 1.29 is 19.4 Å². The number of carbonyl (C=O) groups is 2. The zero-order valence-corrected chi connectivity index (χ0v) is 23.0. The van der Waals surface area contributed by atoms with E-state index in [0.717, 1.165) is 32.2 Å². The van der Waals surface area contributed by atoms with Gasteiger partial charge >= 0.3 is 5.91 Å². The van der Waals surface area contributed by atoms with E-state index in [9.17, 15) is 14.7 Å².